The van der Waals surface area contributed by atoms with E-state index in [1.807, 2.05) is 25.3 Å². The molecule has 3 rings (SSSR count). The summed E-state index contributed by atoms with van der Waals surface area (Å²) in [5.41, 5.74) is 2.08. The number of H-pyrrole nitrogens is 1. The predicted molar refractivity (Wildman–Crippen MR) is 75.8 cm³/mol. The van der Waals surface area contributed by atoms with Gasteiger partial charge in [0.2, 0.25) is 0 Å². The number of carboxylic acids is 1. The molecular weight excluding hydrogens is 262 g/mol. The lowest BCUT2D eigenvalue weighted by atomic mass is 9.78. The van der Waals surface area contributed by atoms with Crippen molar-refractivity contribution >= 4 is 28.5 Å². The molecule has 0 spiro atoms. The lowest BCUT2D eigenvalue weighted by Crippen LogP contribution is -2.32. The highest BCUT2D eigenvalue weighted by atomic mass is 35.5. The molecule has 2 N–H and O–H groups in total. The molecule has 0 aliphatic heterocycles. The predicted octanol–water partition coefficient (Wildman–Crippen LogP) is 4.03. The molecule has 3 nitrogen and oxygen atoms in total. The van der Waals surface area contributed by atoms with Gasteiger partial charge in [-0.25, -0.2) is 0 Å². The van der Waals surface area contributed by atoms with Crippen molar-refractivity contribution in [1.29, 1.82) is 0 Å². The van der Waals surface area contributed by atoms with E-state index in [2.05, 4.69) is 4.98 Å². The number of fused-ring (bicyclic) bond motifs is 1. The zero-order valence-electron chi connectivity index (χ0n) is 10.8. The first-order chi connectivity index (χ1) is 9.04. The minimum absolute atomic E-state index is 0.605. The number of nitrogens with one attached hydrogen (secondary N) is 1. The van der Waals surface area contributed by atoms with Crippen molar-refractivity contribution in [2.45, 2.75) is 38.0 Å². The number of hydrogen-bond donors (Lipinski definition) is 2. The topological polar surface area (TPSA) is 53.1 Å². The van der Waals surface area contributed by atoms with Crippen LogP contribution in [0.15, 0.2) is 18.3 Å². The van der Waals surface area contributed by atoms with E-state index >= 15 is 0 Å². The number of carbonyl (C=O) groups is 1. The van der Waals surface area contributed by atoms with Crippen LogP contribution in [0.25, 0.3) is 10.9 Å². The van der Waals surface area contributed by atoms with E-state index in [0.29, 0.717) is 17.9 Å². The quantitative estimate of drug-likeness (QED) is 0.871. The average Bonchev–Trinajstić information content (AvgIpc) is 2.98. The third-order valence-corrected chi connectivity index (χ3v) is 4.67. The van der Waals surface area contributed by atoms with Crippen molar-refractivity contribution in [3.8, 4) is 0 Å². The largest absolute Gasteiger partial charge is 0.481 e. The first-order valence-corrected chi connectivity index (χ1v) is 6.93. The number of aromatic amines is 1. The molecule has 0 atom stereocenters. The summed E-state index contributed by atoms with van der Waals surface area (Å²) in [6.45, 7) is 2.00. The fourth-order valence-electron chi connectivity index (χ4n) is 3.20. The van der Waals surface area contributed by atoms with Crippen molar-refractivity contribution in [3.05, 3.63) is 34.5 Å². The molecule has 1 aromatic carbocycles. The van der Waals surface area contributed by atoms with Gasteiger partial charge in [-0.15, -0.1) is 0 Å². The Hall–Kier alpha value is -1.48. The molecule has 19 heavy (non-hydrogen) atoms. The SMILES string of the molecule is Cc1c[nH]c2c(Cl)cc(C3(C(=O)O)CCCC3)cc12. The molecule has 0 saturated heterocycles. The molecular formula is C15H16ClNO2. The van der Waals surface area contributed by atoms with E-state index in [9.17, 15) is 9.90 Å². The van der Waals surface area contributed by atoms with Gasteiger partial charge in [0.25, 0.3) is 0 Å². The molecule has 100 valence electrons. The van der Waals surface area contributed by atoms with Gasteiger partial charge in [0.05, 0.1) is 16.0 Å². The number of carboxylic acid groups (broad SMARTS) is 1. The highest BCUT2D eigenvalue weighted by Gasteiger charge is 2.43. The molecule has 1 fully saturated rings. The Kier molecular flexibility index (Phi) is 2.82. The van der Waals surface area contributed by atoms with Gasteiger partial charge >= 0.3 is 5.97 Å². The zero-order chi connectivity index (χ0) is 13.6. The summed E-state index contributed by atoms with van der Waals surface area (Å²) in [5.74, 6) is -0.728. The number of hydrogen-bond acceptors (Lipinski definition) is 1. The maximum atomic E-state index is 11.7. The van der Waals surface area contributed by atoms with Crippen molar-refractivity contribution in [1.82, 2.24) is 4.98 Å². The minimum atomic E-state index is -0.748. The molecule has 4 heteroatoms. The Morgan fingerprint density at radius 1 is 1.37 bits per heavy atom. The van der Waals surface area contributed by atoms with Crippen LogP contribution in [0, 0.1) is 6.92 Å². The second-order valence-electron chi connectivity index (χ2n) is 5.45. The van der Waals surface area contributed by atoms with Gasteiger partial charge in [-0.05, 0) is 43.0 Å². The number of benzene rings is 1. The standard InChI is InChI=1S/C15H16ClNO2/c1-9-8-17-13-11(9)6-10(7-12(13)16)15(14(18)19)4-2-3-5-15/h6-8,17H,2-5H2,1H3,(H,18,19). The smallest absolute Gasteiger partial charge is 0.314 e. The normalized spacial score (nSPS) is 18.0. The average molecular weight is 278 g/mol. The second kappa shape index (κ2) is 4.27. The zero-order valence-corrected chi connectivity index (χ0v) is 11.5. The van der Waals surface area contributed by atoms with Gasteiger partial charge in [-0.3, -0.25) is 4.79 Å². The number of aromatic nitrogens is 1. The highest BCUT2D eigenvalue weighted by molar-refractivity contribution is 6.35. The molecule has 1 aliphatic rings. The Bertz CT molecular complexity index is 653. The third-order valence-electron chi connectivity index (χ3n) is 4.37. The fourth-order valence-corrected chi connectivity index (χ4v) is 3.48. The number of halogens is 1. The van der Waals surface area contributed by atoms with Crippen molar-refractivity contribution in [2.75, 3.05) is 0 Å². The Balaban J connectivity index is 2.24. The number of aryl methyl sites for hydroxylation is 1. The van der Waals surface area contributed by atoms with Crippen molar-refractivity contribution < 1.29 is 9.90 Å². The first-order valence-electron chi connectivity index (χ1n) is 6.56. The van der Waals surface area contributed by atoms with Gasteiger partial charge < -0.3 is 10.1 Å². The van der Waals surface area contributed by atoms with Crippen LogP contribution in [-0.4, -0.2) is 16.1 Å². The third kappa shape index (κ3) is 1.76. The van der Waals surface area contributed by atoms with E-state index in [-0.39, 0.29) is 0 Å². The molecule has 1 heterocycles. The van der Waals surface area contributed by atoms with Gasteiger partial charge in [-0.1, -0.05) is 24.4 Å². The second-order valence-corrected chi connectivity index (χ2v) is 5.85. The molecule has 2 aromatic rings. The van der Waals surface area contributed by atoms with Crippen molar-refractivity contribution in [3.63, 3.8) is 0 Å². The number of rotatable bonds is 2. The van der Waals surface area contributed by atoms with Crippen LogP contribution < -0.4 is 0 Å². The highest BCUT2D eigenvalue weighted by Crippen LogP contribution is 2.43. The summed E-state index contributed by atoms with van der Waals surface area (Å²) < 4.78 is 0. The Labute approximate surface area is 116 Å². The van der Waals surface area contributed by atoms with Crippen LogP contribution in [0.4, 0.5) is 0 Å². The van der Waals surface area contributed by atoms with E-state index < -0.39 is 11.4 Å². The molecule has 0 unspecified atom stereocenters. The molecule has 0 radical (unpaired) electrons. The van der Waals surface area contributed by atoms with Gasteiger partial charge in [0, 0.05) is 11.6 Å². The first kappa shape index (κ1) is 12.5. The summed E-state index contributed by atoms with van der Waals surface area (Å²) in [4.78, 5) is 14.9. The minimum Gasteiger partial charge on any atom is -0.481 e. The van der Waals surface area contributed by atoms with E-state index in [4.69, 9.17) is 11.6 Å². The van der Waals surface area contributed by atoms with Crippen LogP contribution in [0.1, 0.15) is 36.8 Å². The molecule has 0 amide bonds. The summed E-state index contributed by atoms with van der Waals surface area (Å²) in [6, 6.07) is 3.81. The lowest BCUT2D eigenvalue weighted by molar-refractivity contribution is -0.143. The summed E-state index contributed by atoms with van der Waals surface area (Å²) in [6.07, 6.45) is 5.24. The summed E-state index contributed by atoms with van der Waals surface area (Å²) in [5, 5.41) is 11.3. The Morgan fingerprint density at radius 2 is 2.05 bits per heavy atom. The molecule has 1 aromatic heterocycles. The maximum absolute atomic E-state index is 11.7. The van der Waals surface area contributed by atoms with Crippen LogP contribution in [0.2, 0.25) is 5.02 Å². The summed E-state index contributed by atoms with van der Waals surface area (Å²) >= 11 is 6.30. The van der Waals surface area contributed by atoms with Crippen LogP contribution >= 0.6 is 11.6 Å². The lowest BCUT2D eigenvalue weighted by Gasteiger charge is -2.24. The van der Waals surface area contributed by atoms with Gasteiger partial charge in [0.1, 0.15) is 0 Å². The molecule has 0 bridgehead atoms. The number of aliphatic carboxylic acids is 1. The van der Waals surface area contributed by atoms with E-state index in [1.54, 1.807) is 0 Å². The maximum Gasteiger partial charge on any atom is 0.314 e. The van der Waals surface area contributed by atoms with Crippen LogP contribution in [-0.2, 0) is 10.2 Å². The summed E-state index contributed by atoms with van der Waals surface area (Å²) in [7, 11) is 0. The van der Waals surface area contributed by atoms with Crippen molar-refractivity contribution in [2.24, 2.45) is 0 Å². The fraction of sp³-hybridized carbons (Fsp3) is 0.400. The molecule has 1 saturated carbocycles. The van der Waals surface area contributed by atoms with E-state index in [0.717, 1.165) is 34.9 Å². The van der Waals surface area contributed by atoms with E-state index in [1.165, 1.54) is 0 Å². The van der Waals surface area contributed by atoms with Gasteiger partial charge in [0.15, 0.2) is 0 Å². The van der Waals surface area contributed by atoms with Crippen LogP contribution in [0.5, 0.6) is 0 Å². The monoisotopic (exact) mass is 277 g/mol. The molecule has 1 aliphatic carbocycles. The Morgan fingerprint density at radius 3 is 2.68 bits per heavy atom. The van der Waals surface area contributed by atoms with Crippen LogP contribution in [0.3, 0.4) is 0 Å². The van der Waals surface area contributed by atoms with Gasteiger partial charge in [-0.2, -0.15) is 0 Å².